The van der Waals surface area contributed by atoms with Gasteiger partial charge in [0.25, 0.3) is 11.8 Å². The Hall–Kier alpha value is -2.34. The fourth-order valence-electron chi connectivity index (χ4n) is 1.96. The highest BCUT2D eigenvalue weighted by Gasteiger charge is 2.11. The van der Waals surface area contributed by atoms with Gasteiger partial charge >= 0.3 is 0 Å². The second kappa shape index (κ2) is 7.09. The normalized spacial score (nSPS) is 10.3. The molecule has 22 heavy (non-hydrogen) atoms. The first-order valence-corrected chi connectivity index (χ1v) is 7.73. The minimum Gasteiger partial charge on any atom is -0.484 e. The Labute approximate surface area is 133 Å². The zero-order chi connectivity index (χ0) is 16.1. The second-order valence-electron chi connectivity index (χ2n) is 4.78. The first-order valence-electron chi connectivity index (χ1n) is 6.91. The minimum absolute atomic E-state index is 0.126. The standard InChI is InChI=1S/C16H18N2O3S/c1-3-11-8-14(22-10(11)2)16(20)18-12-4-6-13(7-5-12)21-9-15(17)19/h4-8H,3,9H2,1-2H3,(H2,17,19)(H,18,20). The van der Waals surface area contributed by atoms with Gasteiger partial charge in [-0.25, -0.2) is 0 Å². The van der Waals surface area contributed by atoms with Gasteiger partial charge in [-0.05, 0) is 49.2 Å². The molecule has 116 valence electrons. The molecule has 0 aliphatic carbocycles. The van der Waals surface area contributed by atoms with Crippen LogP contribution in [0.3, 0.4) is 0 Å². The molecule has 2 rings (SSSR count). The van der Waals surface area contributed by atoms with Crippen molar-refractivity contribution in [3.8, 4) is 5.75 Å². The summed E-state index contributed by atoms with van der Waals surface area (Å²) < 4.78 is 5.16. The van der Waals surface area contributed by atoms with Gasteiger partial charge in [-0.15, -0.1) is 11.3 Å². The second-order valence-corrected chi connectivity index (χ2v) is 6.04. The monoisotopic (exact) mass is 318 g/mol. The van der Waals surface area contributed by atoms with Gasteiger partial charge in [0.05, 0.1) is 4.88 Å². The maximum atomic E-state index is 12.2. The molecule has 0 aliphatic rings. The molecule has 2 aromatic rings. The van der Waals surface area contributed by atoms with E-state index in [1.807, 2.05) is 13.0 Å². The number of thiophene rings is 1. The Kier molecular flexibility index (Phi) is 5.16. The van der Waals surface area contributed by atoms with Crippen LogP contribution in [0.5, 0.6) is 5.75 Å². The topological polar surface area (TPSA) is 81.4 Å². The number of carbonyl (C=O) groups is 2. The lowest BCUT2D eigenvalue weighted by Gasteiger charge is -2.06. The van der Waals surface area contributed by atoms with E-state index in [0.29, 0.717) is 16.3 Å². The van der Waals surface area contributed by atoms with E-state index in [-0.39, 0.29) is 12.5 Å². The van der Waals surface area contributed by atoms with Crippen LogP contribution in [0, 0.1) is 6.92 Å². The van der Waals surface area contributed by atoms with Crippen LogP contribution in [-0.2, 0) is 11.2 Å². The van der Waals surface area contributed by atoms with Crippen molar-refractivity contribution in [1.82, 2.24) is 0 Å². The van der Waals surface area contributed by atoms with Crippen LogP contribution < -0.4 is 15.8 Å². The van der Waals surface area contributed by atoms with Gasteiger partial charge in [0.15, 0.2) is 6.61 Å². The summed E-state index contributed by atoms with van der Waals surface area (Å²) in [6, 6.07) is 8.72. The number of hydrogen-bond acceptors (Lipinski definition) is 4. The third-order valence-corrected chi connectivity index (χ3v) is 4.21. The Morgan fingerprint density at radius 3 is 2.50 bits per heavy atom. The average Bonchev–Trinajstić information content (AvgIpc) is 2.87. The molecular weight excluding hydrogens is 300 g/mol. The van der Waals surface area contributed by atoms with E-state index in [4.69, 9.17) is 10.5 Å². The maximum absolute atomic E-state index is 12.2. The molecule has 0 spiro atoms. The summed E-state index contributed by atoms with van der Waals surface area (Å²) in [5.74, 6) is -0.132. The number of anilines is 1. The SMILES string of the molecule is CCc1cc(C(=O)Nc2ccc(OCC(N)=O)cc2)sc1C. The van der Waals surface area contributed by atoms with E-state index in [1.165, 1.54) is 21.8 Å². The Balaban J connectivity index is 2.00. The van der Waals surface area contributed by atoms with Crippen LogP contribution in [0.1, 0.15) is 27.0 Å². The largest absolute Gasteiger partial charge is 0.484 e. The molecule has 0 fully saturated rings. The van der Waals surface area contributed by atoms with Crippen LogP contribution in [0.25, 0.3) is 0 Å². The van der Waals surface area contributed by atoms with Gasteiger partial charge in [0, 0.05) is 10.6 Å². The average molecular weight is 318 g/mol. The summed E-state index contributed by atoms with van der Waals surface area (Å²) in [7, 11) is 0. The molecule has 6 heteroatoms. The molecule has 0 atom stereocenters. The Morgan fingerprint density at radius 1 is 1.27 bits per heavy atom. The third-order valence-electron chi connectivity index (χ3n) is 3.12. The fourth-order valence-corrected chi connectivity index (χ4v) is 2.97. The number of aryl methyl sites for hydroxylation is 2. The van der Waals surface area contributed by atoms with Gasteiger partial charge in [0.1, 0.15) is 5.75 Å². The molecule has 5 nitrogen and oxygen atoms in total. The number of ether oxygens (including phenoxy) is 1. The lowest BCUT2D eigenvalue weighted by molar-refractivity contribution is -0.119. The highest BCUT2D eigenvalue weighted by atomic mass is 32.1. The number of benzene rings is 1. The van der Waals surface area contributed by atoms with Gasteiger partial charge in [-0.3, -0.25) is 9.59 Å². The molecule has 0 radical (unpaired) electrons. The highest BCUT2D eigenvalue weighted by Crippen LogP contribution is 2.23. The van der Waals surface area contributed by atoms with Gasteiger partial charge in [0.2, 0.25) is 0 Å². The number of rotatable bonds is 6. The Morgan fingerprint density at radius 2 is 1.95 bits per heavy atom. The summed E-state index contributed by atoms with van der Waals surface area (Å²) in [4.78, 5) is 24.7. The zero-order valence-electron chi connectivity index (χ0n) is 12.5. The summed E-state index contributed by atoms with van der Waals surface area (Å²) >= 11 is 1.49. The summed E-state index contributed by atoms with van der Waals surface area (Å²) in [5.41, 5.74) is 6.87. The van der Waals surface area contributed by atoms with Crippen LogP contribution in [0.2, 0.25) is 0 Å². The molecule has 1 heterocycles. The number of nitrogens with one attached hydrogen (secondary N) is 1. The van der Waals surface area contributed by atoms with Crippen molar-refractivity contribution in [3.63, 3.8) is 0 Å². The zero-order valence-corrected chi connectivity index (χ0v) is 13.3. The molecule has 2 amide bonds. The van der Waals surface area contributed by atoms with Crippen molar-refractivity contribution in [3.05, 3.63) is 45.6 Å². The summed E-state index contributed by atoms with van der Waals surface area (Å²) in [5, 5.41) is 2.84. The number of nitrogens with two attached hydrogens (primary N) is 1. The third kappa shape index (κ3) is 4.08. The van der Waals surface area contributed by atoms with E-state index < -0.39 is 5.91 Å². The molecule has 0 unspecified atom stereocenters. The van der Waals surface area contributed by atoms with Gasteiger partial charge in [-0.2, -0.15) is 0 Å². The first kappa shape index (κ1) is 16.0. The molecule has 0 saturated heterocycles. The van der Waals surface area contributed by atoms with Crippen molar-refractivity contribution in [1.29, 1.82) is 0 Å². The van der Waals surface area contributed by atoms with Crippen molar-refractivity contribution >= 4 is 28.8 Å². The van der Waals surface area contributed by atoms with Gasteiger partial charge in [-0.1, -0.05) is 6.92 Å². The van der Waals surface area contributed by atoms with Crippen LogP contribution in [0.15, 0.2) is 30.3 Å². The van der Waals surface area contributed by atoms with E-state index in [2.05, 4.69) is 12.2 Å². The maximum Gasteiger partial charge on any atom is 0.265 e. The molecular formula is C16H18N2O3S. The van der Waals surface area contributed by atoms with Crippen LogP contribution in [0.4, 0.5) is 5.69 Å². The first-order chi connectivity index (χ1) is 10.5. The smallest absolute Gasteiger partial charge is 0.265 e. The summed E-state index contributed by atoms with van der Waals surface area (Å²) in [6.07, 6.45) is 0.918. The van der Waals surface area contributed by atoms with E-state index in [9.17, 15) is 9.59 Å². The molecule has 0 saturated carbocycles. The van der Waals surface area contributed by atoms with E-state index in [1.54, 1.807) is 24.3 Å². The predicted molar refractivity (Wildman–Crippen MR) is 87.5 cm³/mol. The van der Waals surface area contributed by atoms with Gasteiger partial charge < -0.3 is 15.8 Å². The van der Waals surface area contributed by atoms with Crippen molar-refractivity contribution < 1.29 is 14.3 Å². The molecule has 1 aromatic heterocycles. The van der Waals surface area contributed by atoms with Crippen molar-refractivity contribution in [2.24, 2.45) is 5.73 Å². The quantitative estimate of drug-likeness (QED) is 0.859. The highest BCUT2D eigenvalue weighted by molar-refractivity contribution is 7.14. The summed E-state index contributed by atoms with van der Waals surface area (Å²) in [6.45, 7) is 3.92. The van der Waals surface area contributed by atoms with E-state index >= 15 is 0 Å². The van der Waals surface area contributed by atoms with E-state index in [0.717, 1.165) is 6.42 Å². The molecule has 3 N–H and O–H groups in total. The minimum atomic E-state index is -0.530. The van der Waals surface area contributed by atoms with Crippen molar-refractivity contribution in [2.45, 2.75) is 20.3 Å². The molecule has 0 bridgehead atoms. The fraction of sp³-hybridized carbons (Fsp3) is 0.250. The molecule has 1 aromatic carbocycles. The number of carbonyl (C=O) groups excluding carboxylic acids is 2. The van der Waals surface area contributed by atoms with Crippen LogP contribution in [-0.4, -0.2) is 18.4 Å². The van der Waals surface area contributed by atoms with Crippen LogP contribution >= 0.6 is 11.3 Å². The molecule has 0 aliphatic heterocycles. The number of amides is 2. The number of hydrogen-bond donors (Lipinski definition) is 2. The lowest BCUT2D eigenvalue weighted by atomic mass is 10.2. The predicted octanol–water partition coefficient (Wildman–Crippen LogP) is 2.74. The lowest BCUT2D eigenvalue weighted by Crippen LogP contribution is -2.20. The number of primary amides is 1. The Bertz CT molecular complexity index is 677. The van der Waals surface area contributed by atoms with Crippen molar-refractivity contribution in [2.75, 3.05) is 11.9 Å².